The van der Waals surface area contributed by atoms with Crippen LogP contribution in [-0.2, 0) is 4.79 Å². The van der Waals surface area contributed by atoms with Crippen molar-refractivity contribution in [1.29, 1.82) is 0 Å². The number of nitro groups is 1. The van der Waals surface area contributed by atoms with Crippen LogP contribution in [0.25, 0.3) is 6.08 Å². The third kappa shape index (κ3) is 3.69. The predicted octanol–water partition coefficient (Wildman–Crippen LogP) is 3.93. The fourth-order valence-corrected chi connectivity index (χ4v) is 2.94. The van der Waals surface area contributed by atoms with Crippen molar-refractivity contribution < 1.29 is 14.5 Å². The quantitative estimate of drug-likeness (QED) is 0.354. The molecule has 1 heterocycles. The van der Waals surface area contributed by atoms with Crippen molar-refractivity contribution in [3.63, 3.8) is 0 Å². The zero-order chi connectivity index (χ0) is 18.7. The van der Waals surface area contributed by atoms with Gasteiger partial charge >= 0.3 is 0 Å². The second kappa shape index (κ2) is 7.31. The minimum Gasteiger partial charge on any atom is -0.312 e. The molecule has 0 unspecified atom stereocenters. The highest BCUT2D eigenvalue weighted by Gasteiger charge is 2.22. The number of rotatable bonds is 5. The summed E-state index contributed by atoms with van der Waals surface area (Å²) in [7, 11) is 0. The first kappa shape index (κ1) is 17.5. The number of nitro benzene ring substituents is 1. The number of carbonyl (C=O) groups excluding carboxylic acids is 2. The third-order valence-corrected chi connectivity index (χ3v) is 4.37. The largest absolute Gasteiger partial charge is 0.312 e. The van der Waals surface area contributed by atoms with Gasteiger partial charge in [0, 0.05) is 35.8 Å². The van der Waals surface area contributed by atoms with Crippen LogP contribution in [0.3, 0.4) is 0 Å². The number of anilines is 1. The van der Waals surface area contributed by atoms with Gasteiger partial charge in [0.05, 0.1) is 4.92 Å². The highest BCUT2D eigenvalue weighted by atomic mass is 16.6. The molecule has 0 N–H and O–H groups in total. The molecule has 6 heteroatoms. The van der Waals surface area contributed by atoms with E-state index in [4.69, 9.17) is 0 Å². The zero-order valence-corrected chi connectivity index (χ0v) is 14.3. The summed E-state index contributed by atoms with van der Waals surface area (Å²) in [5.74, 6) is -0.154. The van der Waals surface area contributed by atoms with E-state index in [1.165, 1.54) is 12.1 Å². The number of benzene rings is 2. The Bertz CT molecular complexity index is 918. The average molecular weight is 350 g/mol. The Morgan fingerprint density at radius 1 is 1.23 bits per heavy atom. The van der Waals surface area contributed by atoms with Crippen molar-refractivity contribution in [2.75, 3.05) is 11.4 Å². The van der Waals surface area contributed by atoms with Gasteiger partial charge in [-0.25, -0.2) is 0 Å². The van der Waals surface area contributed by atoms with E-state index in [0.29, 0.717) is 29.7 Å². The smallest absolute Gasteiger partial charge is 0.272 e. The molecule has 1 saturated heterocycles. The first-order valence-electron chi connectivity index (χ1n) is 8.33. The number of amides is 1. The van der Waals surface area contributed by atoms with Crippen LogP contribution < -0.4 is 4.90 Å². The van der Waals surface area contributed by atoms with Gasteiger partial charge in [-0.3, -0.25) is 19.7 Å². The van der Waals surface area contributed by atoms with Crippen LogP contribution >= 0.6 is 0 Å². The van der Waals surface area contributed by atoms with Gasteiger partial charge in [0.25, 0.3) is 5.69 Å². The molecule has 2 aromatic carbocycles. The molecule has 3 rings (SSSR count). The lowest BCUT2D eigenvalue weighted by molar-refractivity contribution is -0.385. The molecule has 26 heavy (non-hydrogen) atoms. The molecule has 132 valence electrons. The van der Waals surface area contributed by atoms with Crippen LogP contribution in [0.4, 0.5) is 11.4 Å². The molecule has 1 fully saturated rings. The van der Waals surface area contributed by atoms with Gasteiger partial charge < -0.3 is 4.90 Å². The Morgan fingerprint density at radius 3 is 2.73 bits per heavy atom. The van der Waals surface area contributed by atoms with Crippen molar-refractivity contribution in [3.8, 4) is 0 Å². The minimum absolute atomic E-state index is 0.0224. The highest BCUT2D eigenvalue weighted by Crippen LogP contribution is 2.23. The molecule has 0 spiro atoms. The van der Waals surface area contributed by atoms with E-state index in [9.17, 15) is 19.7 Å². The molecule has 0 saturated carbocycles. The van der Waals surface area contributed by atoms with Gasteiger partial charge in [-0.2, -0.15) is 0 Å². The molecule has 0 radical (unpaired) electrons. The standard InChI is InChI=1S/C20H18N2O4/c1-14-7-8-15(12-18(14)22(25)26)9-10-19(23)16-4-2-5-17(13-16)21-11-3-6-20(21)24/h2,4-5,7-10,12-13H,3,6,11H2,1H3/b10-9+. The lowest BCUT2D eigenvalue weighted by Crippen LogP contribution is -2.23. The van der Waals surface area contributed by atoms with E-state index in [0.717, 1.165) is 12.1 Å². The number of nitrogens with zero attached hydrogens (tertiary/aromatic N) is 2. The molecule has 6 nitrogen and oxygen atoms in total. The summed E-state index contributed by atoms with van der Waals surface area (Å²) in [5.41, 5.74) is 2.37. The van der Waals surface area contributed by atoms with Crippen LogP contribution in [0.2, 0.25) is 0 Å². The lowest BCUT2D eigenvalue weighted by Gasteiger charge is -2.16. The highest BCUT2D eigenvalue weighted by molar-refractivity contribution is 6.08. The van der Waals surface area contributed by atoms with E-state index in [1.54, 1.807) is 48.2 Å². The Kier molecular flexibility index (Phi) is 4.93. The maximum atomic E-state index is 12.4. The van der Waals surface area contributed by atoms with Gasteiger partial charge in [0.1, 0.15) is 0 Å². The van der Waals surface area contributed by atoms with Crippen LogP contribution in [0.1, 0.15) is 34.3 Å². The summed E-state index contributed by atoms with van der Waals surface area (Å²) in [6, 6.07) is 11.8. The molecule has 1 aliphatic rings. The normalized spacial score (nSPS) is 14.2. The fourth-order valence-electron chi connectivity index (χ4n) is 2.94. The summed E-state index contributed by atoms with van der Waals surface area (Å²) in [5, 5.41) is 11.0. The van der Waals surface area contributed by atoms with E-state index >= 15 is 0 Å². The van der Waals surface area contributed by atoms with Crippen molar-refractivity contribution in [3.05, 3.63) is 75.3 Å². The summed E-state index contributed by atoms with van der Waals surface area (Å²) in [6.07, 6.45) is 4.30. The van der Waals surface area contributed by atoms with Gasteiger partial charge in [0.15, 0.2) is 5.78 Å². The SMILES string of the molecule is Cc1ccc(/C=C/C(=O)c2cccc(N3CCCC3=O)c2)cc1[N+](=O)[O-]. The first-order valence-corrected chi connectivity index (χ1v) is 8.33. The average Bonchev–Trinajstić information content (AvgIpc) is 3.06. The van der Waals surface area contributed by atoms with Crippen molar-refractivity contribution in [1.82, 2.24) is 0 Å². The molecule has 0 bridgehead atoms. The Hall–Kier alpha value is -3.28. The van der Waals surface area contributed by atoms with E-state index < -0.39 is 4.92 Å². The Balaban J connectivity index is 1.80. The second-order valence-corrected chi connectivity index (χ2v) is 6.20. The number of hydrogen-bond acceptors (Lipinski definition) is 4. The molecule has 1 aliphatic heterocycles. The number of ketones is 1. The lowest BCUT2D eigenvalue weighted by atomic mass is 10.1. The monoisotopic (exact) mass is 350 g/mol. The van der Waals surface area contributed by atoms with Gasteiger partial charge in [-0.15, -0.1) is 0 Å². The van der Waals surface area contributed by atoms with Gasteiger partial charge in [-0.1, -0.05) is 30.3 Å². The first-order chi connectivity index (χ1) is 12.5. The second-order valence-electron chi connectivity index (χ2n) is 6.20. The summed E-state index contributed by atoms with van der Waals surface area (Å²) >= 11 is 0. The van der Waals surface area contributed by atoms with Crippen LogP contribution in [0.15, 0.2) is 48.5 Å². The van der Waals surface area contributed by atoms with E-state index in [2.05, 4.69) is 0 Å². The van der Waals surface area contributed by atoms with E-state index in [-0.39, 0.29) is 17.4 Å². The molecule has 2 aromatic rings. The van der Waals surface area contributed by atoms with Crippen molar-refractivity contribution >= 4 is 29.1 Å². The van der Waals surface area contributed by atoms with Crippen molar-refractivity contribution in [2.45, 2.75) is 19.8 Å². The maximum absolute atomic E-state index is 12.4. The molecule has 0 aliphatic carbocycles. The summed E-state index contributed by atoms with van der Waals surface area (Å²) < 4.78 is 0. The minimum atomic E-state index is -0.439. The maximum Gasteiger partial charge on any atom is 0.272 e. The Morgan fingerprint density at radius 2 is 2.04 bits per heavy atom. The van der Waals surface area contributed by atoms with Gasteiger partial charge in [0.2, 0.25) is 5.91 Å². The molecular formula is C20H18N2O4. The fraction of sp³-hybridized carbons (Fsp3) is 0.200. The molecule has 0 aromatic heterocycles. The number of allylic oxidation sites excluding steroid dienone is 1. The van der Waals surface area contributed by atoms with Crippen LogP contribution in [0.5, 0.6) is 0 Å². The van der Waals surface area contributed by atoms with Crippen molar-refractivity contribution in [2.24, 2.45) is 0 Å². The molecular weight excluding hydrogens is 332 g/mol. The third-order valence-electron chi connectivity index (χ3n) is 4.37. The number of hydrogen-bond donors (Lipinski definition) is 0. The Labute approximate surface area is 150 Å². The van der Waals surface area contributed by atoms with Gasteiger partial charge in [-0.05, 0) is 37.1 Å². The number of carbonyl (C=O) groups is 2. The summed E-state index contributed by atoms with van der Waals surface area (Å²) in [6.45, 7) is 2.33. The van der Waals surface area contributed by atoms with Crippen LogP contribution in [-0.4, -0.2) is 23.2 Å². The summed E-state index contributed by atoms with van der Waals surface area (Å²) in [4.78, 5) is 36.5. The number of aryl methyl sites for hydroxylation is 1. The van der Waals surface area contributed by atoms with E-state index in [1.807, 2.05) is 6.07 Å². The topological polar surface area (TPSA) is 80.5 Å². The zero-order valence-electron chi connectivity index (χ0n) is 14.3. The molecule has 0 atom stereocenters. The predicted molar refractivity (Wildman–Crippen MR) is 99.2 cm³/mol. The molecule has 1 amide bonds. The van der Waals surface area contributed by atoms with Crippen LogP contribution in [0, 0.1) is 17.0 Å².